The number of para-hydroxylation sites is 1. The number of fused-ring (bicyclic) bond motifs is 1. The molecule has 178 valence electrons. The summed E-state index contributed by atoms with van der Waals surface area (Å²) in [6.07, 6.45) is 6.62. The van der Waals surface area contributed by atoms with Gasteiger partial charge in [0.05, 0.1) is 5.52 Å². The van der Waals surface area contributed by atoms with E-state index in [1.165, 1.54) is 10.9 Å². The molecule has 5 rings (SSSR count). The normalized spacial score (nSPS) is 20.9. The van der Waals surface area contributed by atoms with Crippen molar-refractivity contribution in [3.05, 3.63) is 102 Å². The first kappa shape index (κ1) is 23.3. The second kappa shape index (κ2) is 10.0. The lowest BCUT2D eigenvalue weighted by molar-refractivity contribution is 0.0892. The van der Waals surface area contributed by atoms with Gasteiger partial charge in [0.25, 0.3) is 5.91 Å². The number of hydrogen-bond donors (Lipinski definition) is 2. The molecule has 4 heteroatoms. The van der Waals surface area contributed by atoms with Crippen LogP contribution < -0.4 is 11.1 Å². The maximum atomic E-state index is 13.1. The zero-order valence-corrected chi connectivity index (χ0v) is 20.3. The van der Waals surface area contributed by atoms with E-state index in [1.54, 1.807) is 0 Å². The topological polar surface area (TPSA) is 68.0 Å². The van der Waals surface area contributed by atoms with Crippen LogP contribution in [0.2, 0.25) is 0 Å². The van der Waals surface area contributed by atoms with Gasteiger partial charge >= 0.3 is 0 Å². The highest BCUT2D eigenvalue weighted by molar-refractivity contribution is 5.95. The van der Waals surface area contributed by atoms with Gasteiger partial charge in [-0.25, -0.2) is 0 Å². The summed E-state index contributed by atoms with van der Waals surface area (Å²) in [6.45, 7) is 2.11. The molecule has 0 saturated heterocycles. The minimum Gasteiger partial charge on any atom is -0.347 e. The van der Waals surface area contributed by atoms with Crippen molar-refractivity contribution in [3.8, 4) is 11.1 Å². The molecule has 1 fully saturated rings. The first-order valence-corrected chi connectivity index (χ1v) is 12.7. The fraction of sp³-hybridized carbons (Fsp3) is 0.290. The van der Waals surface area contributed by atoms with E-state index in [0.29, 0.717) is 11.5 Å². The molecule has 1 atom stereocenters. The van der Waals surface area contributed by atoms with Crippen LogP contribution in [-0.4, -0.2) is 22.5 Å². The third-order valence-electron chi connectivity index (χ3n) is 7.66. The van der Waals surface area contributed by atoms with E-state index in [2.05, 4.69) is 53.6 Å². The molecule has 4 nitrogen and oxygen atoms in total. The van der Waals surface area contributed by atoms with Gasteiger partial charge in [-0.05, 0) is 79.0 Å². The van der Waals surface area contributed by atoms with Crippen LogP contribution in [0.5, 0.6) is 0 Å². The van der Waals surface area contributed by atoms with Crippen molar-refractivity contribution in [1.82, 2.24) is 10.3 Å². The molecular formula is C31H33N3O. The Labute approximate surface area is 207 Å². The number of amides is 1. The van der Waals surface area contributed by atoms with Gasteiger partial charge in [0.15, 0.2) is 0 Å². The predicted octanol–water partition coefficient (Wildman–Crippen LogP) is 6.47. The lowest BCUT2D eigenvalue weighted by atomic mass is 9.71. The van der Waals surface area contributed by atoms with Gasteiger partial charge in [0, 0.05) is 28.7 Å². The maximum absolute atomic E-state index is 13.1. The molecule has 1 heterocycles. The molecule has 1 aromatic heterocycles. The summed E-state index contributed by atoms with van der Waals surface area (Å²) >= 11 is 0. The SMILES string of the molecule is CC[C@H](NC(=O)c1ccc(-c2ccccc2)cc1)[C@]1(N)CC[C@H](c2cnc3ccccc3c2)CC1. The number of carbonyl (C=O) groups excluding carboxylic acids is 1. The molecule has 1 aliphatic rings. The van der Waals surface area contributed by atoms with Crippen molar-refractivity contribution in [2.24, 2.45) is 5.73 Å². The van der Waals surface area contributed by atoms with Crippen LogP contribution in [0.25, 0.3) is 22.0 Å². The Kier molecular flexibility index (Phi) is 6.65. The fourth-order valence-electron chi connectivity index (χ4n) is 5.49. The van der Waals surface area contributed by atoms with E-state index in [4.69, 9.17) is 5.73 Å². The summed E-state index contributed by atoms with van der Waals surface area (Å²) in [5, 5.41) is 4.44. The summed E-state index contributed by atoms with van der Waals surface area (Å²) in [7, 11) is 0. The van der Waals surface area contributed by atoms with Crippen LogP contribution in [-0.2, 0) is 0 Å². The molecule has 0 radical (unpaired) electrons. The summed E-state index contributed by atoms with van der Waals surface area (Å²) < 4.78 is 0. The van der Waals surface area contributed by atoms with E-state index < -0.39 is 5.54 Å². The number of aromatic nitrogens is 1. The highest BCUT2D eigenvalue weighted by Crippen LogP contribution is 2.39. The van der Waals surface area contributed by atoms with Crippen molar-refractivity contribution in [2.75, 3.05) is 0 Å². The first-order chi connectivity index (χ1) is 17.1. The fourth-order valence-corrected chi connectivity index (χ4v) is 5.49. The average Bonchev–Trinajstić information content (AvgIpc) is 2.92. The summed E-state index contributed by atoms with van der Waals surface area (Å²) in [6, 6.07) is 28.5. The second-order valence-corrected chi connectivity index (χ2v) is 9.85. The number of nitrogens with zero attached hydrogens (tertiary/aromatic N) is 1. The van der Waals surface area contributed by atoms with Crippen LogP contribution in [0.3, 0.4) is 0 Å². The minimum absolute atomic E-state index is 0.0536. The molecule has 3 N–H and O–H groups in total. The maximum Gasteiger partial charge on any atom is 0.251 e. The molecular weight excluding hydrogens is 430 g/mol. The lowest BCUT2D eigenvalue weighted by Crippen LogP contribution is -2.59. The van der Waals surface area contributed by atoms with Crippen LogP contribution in [0.1, 0.15) is 60.9 Å². The Morgan fingerprint density at radius 1 is 0.971 bits per heavy atom. The molecule has 0 aliphatic heterocycles. The van der Waals surface area contributed by atoms with Gasteiger partial charge in [0.2, 0.25) is 0 Å². The molecule has 1 amide bonds. The van der Waals surface area contributed by atoms with Crippen molar-refractivity contribution in [3.63, 3.8) is 0 Å². The summed E-state index contributed by atoms with van der Waals surface area (Å²) in [4.78, 5) is 17.7. The van der Waals surface area contributed by atoms with E-state index in [9.17, 15) is 4.79 Å². The molecule has 35 heavy (non-hydrogen) atoms. The standard InChI is InChI=1S/C31H33N3O/c1-2-29(34-30(35)25-14-12-23(13-15-25)22-8-4-3-5-9-22)31(32)18-16-24(17-19-31)27-20-26-10-6-7-11-28(26)33-21-27/h3-15,20-21,24,29H,2,16-19,32H2,1H3,(H,34,35)/t24-,29-,31-/m0/s1. The summed E-state index contributed by atoms with van der Waals surface area (Å²) in [5.41, 5.74) is 11.8. The van der Waals surface area contributed by atoms with E-state index in [-0.39, 0.29) is 11.9 Å². The Balaban J connectivity index is 1.23. The molecule has 3 aromatic carbocycles. The Morgan fingerprint density at radius 2 is 1.63 bits per heavy atom. The lowest BCUT2D eigenvalue weighted by Gasteiger charge is -2.43. The molecule has 0 unspecified atom stereocenters. The van der Waals surface area contributed by atoms with E-state index in [0.717, 1.165) is 48.7 Å². The quantitative estimate of drug-likeness (QED) is 0.344. The third-order valence-corrected chi connectivity index (χ3v) is 7.66. The highest BCUT2D eigenvalue weighted by Gasteiger charge is 2.39. The van der Waals surface area contributed by atoms with Crippen molar-refractivity contribution in [1.29, 1.82) is 0 Å². The Morgan fingerprint density at radius 3 is 2.34 bits per heavy atom. The monoisotopic (exact) mass is 463 g/mol. The van der Waals surface area contributed by atoms with Gasteiger partial charge in [-0.1, -0.05) is 67.6 Å². The molecule has 1 saturated carbocycles. The number of nitrogens with one attached hydrogen (secondary N) is 1. The Hall–Kier alpha value is -3.50. The van der Waals surface area contributed by atoms with Crippen molar-refractivity contribution >= 4 is 16.8 Å². The predicted molar refractivity (Wildman–Crippen MR) is 143 cm³/mol. The van der Waals surface area contributed by atoms with Gasteiger partial charge in [-0.2, -0.15) is 0 Å². The van der Waals surface area contributed by atoms with E-state index >= 15 is 0 Å². The average molecular weight is 464 g/mol. The van der Waals surface area contributed by atoms with Crippen molar-refractivity contribution < 1.29 is 4.79 Å². The molecule has 0 spiro atoms. The van der Waals surface area contributed by atoms with Crippen LogP contribution >= 0.6 is 0 Å². The number of hydrogen-bond acceptors (Lipinski definition) is 3. The summed E-state index contributed by atoms with van der Waals surface area (Å²) in [5.74, 6) is 0.407. The molecule has 0 bridgehead atoms. The minimum atomic E-state index is -0.394. The van der Waals surface area contributed by atoms with Crippen LogP contribution in [0.4, 0.5) is 0 Å². The van der Waals surface area contributed by atoms with Gasteiger partial charge in [0.1, 0.15) is 0 Å². The largest absolute Gasteiger partial charge is 0.347 e. The second-order valence-electron chi connectivity index (χ2n) is 9.85. The zero-order chi connectivity index (χ0) is 24.3. The van der Waals surface area contributed by atoms with E-state index in [1.807, 2.05) is 54.7 Å². The number of pyridine rings is 1. The molecule has 4 aromatic rings. The smallest absolute Gasteiger partial charge is 0.251 e. The number of carbonyl (C=O) groups is 1. The first-order valence-electron chi connectivity index (χ1n) is 12.7. The van der Waals surface area contributed by atoms with Crippen LogP contribution in [0, 0.1) is 0 Å². The number of rotatable bonds is 6. The molecule has 1 aliphatic carbocycles. The van der Waals surface area contributed by atoms with Gasteiger partial charge in [-0.15, -0.1) is 0 Å². The third kappa shape index (κ3) is 4.98. The Bertz CT molecular complexity index is 1290. The van der Waals surface area contributed by atoms with Crippen molar-refractivity contribution in [2.45, 2.75) is 56.5 Å². The number of benzene rings is 3. The van der Waals surface area contributed by atoms with Crippen LogP contribution in [0.15, 0.2) is 91.1 Å². The van der Waals surface area contributed by atoms with Gasteiger partial charge in [-0.3, -0.25) is 9.78 Å². The highest BCUT2D eigenvalue weighted by atomic mass is 16.1. The zero-order valence-electron chi connectivity index (χ0n) is 20.3. The number of nitrogens with two attached hydrogens (primary N) is 1. The van der Waals surface area contributed by atoms with Gasteiger partial charge < -0.3 is 11.1 Å².